The molecule has 0 N–H and O–H groups in total. The van der Waals surface area contributed by atoms with Gasteiger partial charge in [-0.2, -0.15) is 0 Å². The molecule has 0 nitrogen and oxygen atoms in total. The van der Waals surface area contributed by atoms with E-state index in [1.807, 2.05) is 0 Å². The molecule has 0 saturated carbocycles. The predicted octanol–water partition coefficient (Wildman–Crippen LogP) is 3.07. The Kier molecular flexibility index (Phi) is 0.462. The maximum atomic E-state index is 7.65. The Morgan fingerprint density at radius 2 is 2.22 bits per heavy atom. The summed E-state index contributed by atoms with van der Waals surface area (Å²) >= 11 is 2.85. The van der Waals surface area contributed by atoms with Gasteiger partial charge in [0, 0.05) is 12.7 Å². The third-order valence-corrected chi connectivity index (χ3v) is 1.18. The van der Waals surface area contributed by atoms with Gasteiger partial charge in [0.2, 0.25) is 0 Å². The Morgan fingerprint density at radius 1 is 1.44 bits per heavy atom. The van der Waals surface area contributed by atoms with Gasteiger partial charge in [-0.1, -0.05) is 22.0 Å². The fraction of sp³-hybridized carbons (Fsp3) is 0.250. The largest absolute Gasteiger partial charge is 0.0638 e. The molecular weight excluding hydrogens is 176 g/mol. The van der Waals surface area contributed by atoms with Gasteiger partial charge < -0.3 is 0 Å². The van der Waals surface area contributed by atoms with E-state index in [4.69, 9.17) is 12.3 Å². The van der Waals surface area contributed by atoms with E-state index < -0.39 is 43.0 Å². The first-order chi connectivity index (χ1) is 7.89. The summed E-state index contributed by atoms with van der Waals surface area (Å²) < 4.78 is 66.3. The summed E-state index contributed by atoms with van der Waals surface area (Å²) in [6.07, 6.45) is 0. The van der Waals surface area contributed by atoms with Crippen LogP contribution in [-0.4, -0.2) is 0 Å². The van der Waals surface area contributed by atoms with Crippen molar-refractivity contribution in [3.05, 3.63) is 33.7 Å². The van der Waals surface area contributed by atoms with Gasteiger partial charge in [0.05, 0.1) is 4.11 Å². The smallest absolute Gasteiger partial charge is 0.0579 e. The standard InChI is InChI=1S/C8H9Br/c1-6-3-4-8(9)5-7(6)2/h3-5H,1-2H3/i1D3,2D3,3D,4D,5D. The SMILES string of the molecule is [2H]c1c([2H])c(C([2H])([2H])[2H])c(C([2H])([2H])[2H])c([2H])c1Br. The van der Waals surface area contributed by atoms with E-state index in [1.165, 1.54) is 0 Å². The summed E-state index contributed by atoms with van der Waals surface area (Å²) in [6.45, 7) is -5.68. The van der Waals surface area contributed by atoms with Crippen LogP contribution in [0.5, 0.6) is 0 Å². The second-order valence-corrected chi connectivity index (χ2v) is 2.23. The van der Waals surface area contributed by atoms with Crippen molar-refractivity contribution in [3.8, 4) is 0 Å². The predicted molar refractivity (Wildman–Crippen MR) is 43.6 cm³/mol. The molecule has 0 aromatic heterocycles. The second kappa shape index (κ2) is 2.53. The van der Waals surface area contributed by atoms with Gasteiger partial charge in [0.15, 0.2) is 0 Å². The molecule has 0 fully saturated rings. The topological polar surface area (TPSA) is 0 Å². The fourth-order valence-corrected chi connectivity index (χ4v) is 0.681. The zero-order valence-corrected chi connectivity index (χ0v) is 5.96. The van der Waals surface area contributed by atoms with E-state index in [0.717, 1.165) is 0 Å². The third-order valence-electron chi connectivity index (χ3n) is 0.782. The van der Waals surface area contributed by atoms with Crippen LogP contribution < -0.4 is 0 Å². The lowest BCUT2D eigenvalue weighted by Crippen LogP contribution is -1.77. The Morgan fingerprint density at radius 3 is 2.89 bits per heavy atom. The Labute approximate surface area is 76.7 Å². The van der Waals surface area contributed by atoms with Gasteiger partial charge in [-0.3, -0.25) is 0 Å². The molecule has 1 aromatic rings. The highest BCUT2D eigenvalue weighted by Gasteiger charge is 1.90. The average Bonchev–Trinajstić information content (AvgIpc) is 2.16. The molecule has 0 bridgehead atoms. The minimum atomic E-state index is -2.85. The highest BCUT2D eigenvalue weighted by molar-refractivity contribution is 9.10. The van der Waals surface area contributed by atoms with Crippen LogP contribution in [0, 0.1) is 13.7 Å². The molecule has 9 heavy (non-hydrogen) atoms. The molecule has 0 aliphatic carbocycles. The van der Waals surface area contributed by atoms with Crippen molar-refractivity contribution < 1.29 is 12.3 Å². The molecule has 0 heterocycles. The molecule has 0 amide bonds. The van der Waals surface area contributed by atoms with E-state index >= 15 is 0 Å². The zero-order chi connectivity index (χ0) is 14.5. The summed E-state index contributed by atoms with van der Waals surface area (Å²) in [5.74, 6) is 0. The van der Waals surface area contributed by atoms with Crippen molar-refractivity contribution in [1.29, 1.82) is 0 Å². The molecule has 0 spiro atoms. The first kappa shape index (κ1) is 1.65. The van der Waals surface area contributed by atoms with E-state index in [9.17, 15) is 0 Å². The second-order valence-electron chi connectivity index (χ2n) is 1.44. The van der Waals surface area contributed by atoms with Crippen LogP contribution >= 0.6 is 15.9 Å². The monoisotopic (exact) mass is 193 g/mol. The first-order valence-corrected chi connectivity index (χ1v) is 2.98. The lowest BCUT2D eigenvalue weighted by molar-refractivity contribution is 1.33. The van der Waals surface area contributed by atoms with Crippen molar-refractivity contribution in [2.75, 3.05) is 0 Å². The molecule has 0 aliphatic heterocycles. The van der Waals surface area contributed by atoms with Crippen molar-refractivity contribution in [2.24, 2.45) is 0 Å². The van der Waals surface area contributed by atoms with Crippen LogP contribution in [0.1, 0.15) is 23.5 Å². The lowest BCUT2D eigenvalue weighted by Gasteiger charge is -1.97. The van der Waals surface area contributed by atoms with E-state index in [2.05, 4.69) is 15.9 Å². The van der Waals surface area contributed by atoms with E-state index in [-0.39, 0.29) is 4.47 Å². The van der Waals surface area contributed by atoms with Gasteiger partial charge in [-0.05, 0) is 36.9 Å². The highest BCUT2D eigenvalue weighted by atomic mass is 79.9. The molecule has 0 radical (unpaired) electrons. The van der Waals surface area contributed by atoms with Crippen molar-refractivity contribution >= 4 is 15.9 Å². The van der Waals surface area contributed by atoms with Crippen LogP contribution in [0.3, 0.4) is 0 Å². The van der Waals surface area contributed by atoms with Crippen molar-refractivity contribution in [2.45, 2.75) is 13.7 Å². The third kappa shape index (κ3) is 1.55. The van der Waals surface area contributed by atoms with Crippen LogP contribution in [-0.2, 0) is 0 Å². The number of halogens is 1. The van der Waals surface area contributed by atoms with E-state index in [1.54, 1.807) is 0 Å². The molecule has 0 atom stereocenters. The molecule has 0 aliphatic rings. The minimum absolute atomic E-state index is 0.188. The molecule has 1 heteroatoms. The molecule has 0 saturated heterocycles. The number of hydrogen-bond acceptors (Lipinski definition) is 0. The van der Waals surface area contributed by atoms with Crippen LogP contribution in [0.25, 0.3) is 0 Å². The zero-order valence-electron chi connectivity index (χ0n) is 13.4. The summed E-state index contributed by atoms with van der Waals surface area (Å²) in [5, 5.41) is 0. The first-order valence-electron chi connectivity index (χ1n) is 6.69. The fourth-order valence-electron chi connectivity index (χ4n) is 0.383. The van der Waals surface area contributed by atoms with Gasteiger partial charge in [0.1, 0.15) is 0 Å². The number of hydrogen-bond donors (Lipinski definition) is 0. The molecule has 1 rings (SSSR count). The van der Waals surface area contributed by atoms with Gasteiger partial charge in [-0.25, -0.2) is 0 Å². The van der Waals surface area contributed by atoms with Crippen molar-refractivity contribution in [3.63, 3.8) is 0 Å². The van der Waals surface area contributed by atoms with Gasteiger partial charge in [-0.15, -0.1) is 0 Å². The lowest BCUT2D eigenvalue weighted by atomic mass is 10.1. The minimum Gasteiger partial charge on any atom is -0.0579 e. The van der Waals surface area contributed by atoms with Crippen molar-refractivity contribution in [1.82, 2.24) is 0 Å². The molecular formula is C8H9Br. The van der Waals surface area contributed by atoms with E-state index in [0.29, 0.717) is 0 Å². The summed E-state index contributed by atoms with van der Waals surface area (Å²) in [6, 6.07) is -1.77. The maximum Gasteiger partial charge on any atom is 0.0638 e. The highest BCUT2D eigenvalue weighted by Crippen LogP contribution is 2.14. The maximum absolute atomic E-state index is 7.65. The molecule has 1 aromatic carbocycles. The number of benzene rings is 1. The van der Waals surface area contributed by atoms with Gasteiger partial charge >= 0.3 is 0 Å². The summed E-state index contributed by atoms with van der Waals surface area (Å²) in [7, 11) is 0. The van der Waals surface area contributed by atoms with Gasteiger partial charge in [0.25, 0.3) is 0 Å². The average molecular weight is 194 g/mol. The Bertz CT molecular complexity index is 440. The van der Waals surface area contributed by atoms with Crippen LogP contribution in [0.4, 0.5) is 0 Å². The quantitative estimate of drug-likeness (QED) is 0.595. The van der Waals surface area contributed by atoms with Crippen LogP contribution in [0.2, 0.25) is 0 Å². The van der Waals surface area contributed by atoms with Crippen LogP contribution in [0.15, 0.2) is 22.6 Å². The Hall–Kier alpha value is -0.300. The molecule has 48 valence electrons. The number of rotatable bonds is 0. The summed E-state index contributed by atoms with van der Waals surface area (Å²) in [5.41, 5.74) is -1.45. The normalized spacial score (nSPS) is 27.0. The Balaban J connectivity index is 3.89. The molecule has 0 unspecified atom stereocenters. The summed E-state index contributed by atoms with van der Waals surface area (Å²) in [4.78, 5) is 0.